The van der Waals surface area contributed by atoms with Crippen LogP contribution in [-0.2, 0) is 0 Å². The van der Waals surface area contributed by atoms with Gasteiger partial charge in [0.15, 0.2) is 0 Å². The zero-order chi connectivity index (χ0) is 13.9. The Morgan fingerprint density at radius 1 is 1.30 bits per heavy atom. The van der Waals surface area contributed by atoms with Crippen molar-refractivity contribution in [2.24, 2.45) is 0 Å². The van der Waals surface area contributed by atoms with Crippen molar-refractivity contribution in [1.29, 1.82) is 0 Å². The van der Waals surface area contributed by atoms with Gasteiger partial charge in [0, 0.05) is 45.8 Å². The molecule has 4 heteroatoms. The summed E-state index contributed by atoms with van der Waals surface area (Å²) in [5.74, 6) is 1.22. The van der Waals surface area contributed by atoms with Crippen LogP contribution in [0.25, 0.3) is 10.8 Å². The summed E-state index contributed by atoms with van der Waals surface area (Å²) in [6.45, 7) is 2.24. The fourth-order valence-electron chi connectivity index (χ4n) is 3.02. The highest BCUT2D eigenvalue weighted by Gasteiger charge is 2.24. The Hall–Kier alpha value is -1.42. The lowest BCUT2D eigenvalue weighted by Crippen LogP contribution is -2.16. The highest BCUT2D eigenvalue weighted by Crippen LogP contribution is 2.34. The molecule has 0 bridgehead atoms. The molecule has 1 aromatic heterocycles. The summed E-state index contributed by atoms with van der Waals surface area (Å²) in [4.78, 5) is 4.17. The summed E-state index contributed by atoms with van der Waals surface area (Å²) in [5.41, 5.74) is 8.00. The van der Waals surface area contributed by atoms with Crippen LogP contribution in [0.4, 0.5) is 11.4 Å². The van der Waals surface area contributed by atoms with Crippen molar-refractivity contribution in [3.63, 3.8) is 0 Å². The summed E-state index contributed by atoms with van der Waals surface area (Å²) in [5, 5.41) is 6.73. The quantitative estimate of drug-likeness (QED) is 0.837. The van der Waals surface area contributed by atoms with Crippen molar-refractivity contribution in [2.45, 2.75) is 37.5 Å². The van der Waals surface area contributed by atoms with Gasteiger partial charge in [-0.05, 0) is 43.2 Å². The lowest BCUT2D eigenvalue weighted by Gasteiger charge is -2.17. The first kappa shape index (κ1) is 13.6. The van der Waals surface area contributed by atoms with E-state index in [0.29, 0.717) is 6.04 Å². The lowest BCUT2D eigenvalue weighted by atomic mass is 10.1. The maximum Gasteiger partial charge on any atom is 0.0424 e. The lowest BCUT2D eigenvalue weighted by molar-refractivity contribution is 0.758. The first-order chi connectivity index (χ1) is 9.78. The predicted molar refractivity (Wildman–Crippen MR) is 89.3 cm³/mol. The van der Waals surface area contributed by atoms with Crippen LogP contribution < -0.4 is 11.1 Å². The van der Waals surface area contributed by atoms with Gasteiger partial charge in [0.05, 0.1) is 0 Å². The second-order valence-electron chi connectivity index (χ2n) is 5.36. The fourth-order valence-corrected chi connectivity index (χ4v) is 4.16. The molecule has 20 heavy (non-hydrogen) atoms. The van der Waals surface area contributed by atoms with E-state index in [1.165, 1.54) is 36.1 Å². The first-order valence-electron chi connectivity index (χ1n) is 7.28. The Balaban J connectivity index is 1.80. The molecular formula is C16H21N3S. The zero-order valence-corrected chi connectivity index (χ0v) is 12.6. The van der Waals surface area contributed by atoms with Crippen molar-refractivity contribution in [3.05, 3.63) is 30.6 Å². The van der Waals surface area contributed by atoms with Gasteiger partial charge in [-0.15, -0.1) is 0 Å². The smallest absolute Gasteiger partial charge is 0.0424 e. The zero-order valence-electron chi connectivity index (χ0n) is 11.8. The number of rotatable bonds is 4. The minimum Gasteiger partial charge on any atom is -0.398 e. The largest absolute Gasteiger partial charge is 0.398 e. The summed E-state index contributed by atoms with van der Waals surface area (Å²) in [6.07, 6.45) is 7.52. The standard InChI is InChI=1S/C16H21N3S/c1-2-20-12-4-3-11(9-12)19-16-6-5-15(17)14-10-18-8-7-13(14)16/h5-8,10-12,19H,2-4,9,17H2,1H3. The third-order valence-electron chi connectivity index (χ3n) is 4.00. The number of nitrogens with zero attached hydrogens (tertiary/aromatic N) is 1. The number of nitrogens with one attached hydrogen (secondary N) is 1. The Labute approximate surface area is 124 Å². The maximum atomic E-state index is 6.02. The summed E-state index contributed by atoms with van der Waals surface area (Å²) >= 11 is 2.09. The van der Waals surface area contributed by atoms with Crippen molar-refractivity contribution in [2.75, 3.05) is 16.8 Å². The van der Waals surface area contributed by atoms with Crippen LogP contribution in [0.2, 0.25) is 0 Å². The molecule has 0 saturated heterocycles. The van der Waals surface area contributed by atoms with Crippen molar-refractivity contribution < 1.29 is 0 Å². The van der Waals surface area contributed by atoms with E-state index in [1.807, 2.05) is 24.5 Å². The van der Waals surface area contributed by atoms with E-state index in [0.717, 1.165) is 16.3 Å². The molecule has 3 rings (SSSR count). The van der Waals surface area contributed by atoms with E-state index in [4.69, 9.17) is 5.73 Å². The van der Waals surface area contributed by atoms with Gasteiger partial charge >= 0.3 is 0 Å². The second kappa shape index (κ2) is 5.92. The maximum absolute atomic E-state index is 6.02. The van der Waals surface area contributed by atoms with Crippen LogP contribution in [0.5, 0.6) is 0 Å². The van der Waals surface area contributed by atoms with Gasteiger partial charge in [-0.1, -0.05) is 6.92 Å². The minimum absolute atomic E-state index is 0.582. The van der Waals surface area contributed by atoms with Crippen LogP contribution in [0.15, 0.2) is 30.6 Å². The third kappa shape index (κ3) is 2.70. The molecule has 1 fully saturated rings. The number of thioether (sulfide) groups is 1. The van der Waals surface area contributed by atoms with Crippen molar-refractivity contribution in [1.82, 2.24) is 4.98 Å². The van der Waals surface area contributed by atoms with Gasteiger partial charge < -0.3 is 11.1 Å². The van der Waals surface area contributed by atoms with Crippen LogP contribution in [0, 0.1) is 0 Å². The number of fused-ring (bicyclic) bond motifs is 1. The van der Waals surface area contributed by atoms with Gasteiger partial charge in [-0.25, -0.2) is 0 Å². The highest BCUT2D eigenvalue weighted by molar-refractivity contribution is 7.99. The van der Waals surface area contributed by atoms with E-state index in [2.05, 4.69) is 35.1 Å². The number of nitrogens with two attached hydrogens (primary N) is 1. The Morgan fingerprint density at radius 3 is 3.05 bits per heavy atom. The molecule has 106 valence electrons. The van der Waals surface area contributed by atoms with Crippen LogP contribution in [0.3, 0.4) is 0 Å². The van der Waals surface area contributed by atoms with E-state index in [9.17, 15) is 0 Å². The monoisotopic (exact) mass is 287 g/mol. The van der Waals surface area contributed by atoms with Gasteiger partial charge in [0.2, 0.25) is 0 Å². The Kier molecular flexibility index (Phi) is 4.01. The number of hydrogen-bond acceptors (Lipinski definition) is 4. The predicted octanol–water partition coefficient (Wildman–Crippen LogP) is 3.90. The molecule has 1 aliphatic carbocycles. The summed E-state index contributed by atoms with van der Waals surface area (Å²) < 4.78 is 0. The third-order valence-corrected chi connectivity index (χ3v) is 5.23. The minimum atomic E-state index is 0.582. The SMILES string of the molecule is CCSC1CCC(Nc2ccc(N)c3cnccc23)C1. The number of aromatic nitrogens is 1. The molecule has 1 heterocycles. The van der Waals surface area contributed by atoms with Gasteiger partial charge in [-0.2, -0.15) is 11.8 Å². The number of nitrogen functional groups attached to an aromatic ring is 1. The van der Waals surface area contributed by atoms with Crippen LogP contribution >= 0.6 is 11.8 Å². The van der Waals surface area contributed by atoms with Crippen LogP contribution in [0.1, 0.15) is 26.2 Å². The molecule has 2 aromatic rings. The van der Waals surface area contributed by atoms with E-state index >= 15 is 0 Å². The molecule has 3 N–H and O–H groups in total. The Morgan fingerprint density at radius 2 is 2.20 bits per heavy atom. The van der Waals surface area contributed by atoms with Crippen molar-refractivity contribution in [3.8, 4) is 0 Å². The molecule has 0 radical (unpaired) electrons. The summed E-state index contributed by atoms with van der Waals surface area (Å²) in [6, 6.07) is 6.69. The molecule has 0 aliphatic heterocycles. The molecule has 0 spiro atoms. The topological polar surface area (TPSA) is 50.9 Å². The molecule has 0 amide bonds. The number of hydrogen-bond donors (Lipinski definition) is 2. The molecule has 2 atom stereocenters. The van der Waals surface area contributed by atoms with Crippen LogP contribution in [-0.4, -0.2) is 22.0 Å². The average Bonchev–Trinajstić information content (AvgIpc) is 2.90. The molecule has 3 nitrogen and oxygen atoms in total. The fraction of sp³-hybridized carbons (Fsp3) is 0.438. The van der Waals surface area contributed by atoms with Crippen molar-refractivity contribution >= 4 is 33.9 Å². The van der Waals surface area contributed by atoms with Gasteiger partial charge in [0.25, 0.3) is 0 Å². The molecule has 1 aliphatic rings. The normalized spacial score (nSPS) is 22.2. The molecule has 1 aromatic carbocycles. The molecule has 1 saturated carbocycles. The Bertz CT molecular complexity index is 599. The average molecular weight is 287 g/mol. The second-order valence-corrected chi connectivity index (χ2v) is 6.93. The van der Waals surface area contributed by atoms with Gasteiger partial charge in [-0.3, -0.25) is 4.98 Å². The number of benzene rings is 1. The van der Waals surface area contributed by atoms with E-state index < -0.39 is 0 Å². The number of anilines is 2. The van der Waals surface area contributed by atoms with E-state index in [1.54, 1.807) is 0 Å². The van der Waals surface area contributed by atoms with Gasteiger partial charge in [0.1, 0.15) is 0 Å². The molecular weight excluding hydrogens is 266 g/mol. The highest BCUT2D eigenvalue weighted by atomic mass is 32.2. The summed E-state index contributed by atoms with van der Waals surface area (Å²) in [7, 11) is 0. The number of pyridine rings is 1. The van der Waals surface area contributed by atoms with E-state index in [-0.39, 0.29) is 0 Å². The molecule has 2 unspecified atom stereocenters. The first-order valence-corrected chi connectivity index (χ1v) is 8.33.